The zero-order valence-electron chi connectivity index (χ0n) is 16.9. The lowest BCUT2D eigenvalue weighted by atomic mass is 10.2. The Morgan fingerprint density at radius 2 is 1.82 bits per heavy atom. The Morgan fingerprint density at radius 3 is 2.42 bits per heavy atom. The molecule has 0 atom stereocenters. The maximum atomic E-state index is 13.7. The van der Waals surface area contributed by atoms with Gasteiger partial charge in [-0.1, -0.05) is 16.8 Å². The second kappa shape index (κ2) is 9.96. The summed E-state index contributed by atoms with van der Waals surface area (Å²) in [6.07, 6.45) is -4.99. The number of rotatable bonds is 7. The zero-order valence-corrected chi connectivity index (χ0v) is 17.7. The van der Waals surface area contributed by atoms with Crippen LogP contribution in [-0.2, 0) is 10.9 Å². The Labute approximate surface area is 189 Å². The minimum absolute atomic E-state index is 0.0305. The van der Waals surface area contributed by atoms with Crippen molar-refractivity contribution in [3.8, 4) is 5.69 Å². The van der Waals surface area contributed by atoms with Gasteiger partial charge in [-0.05, 0) is 42.5 Å². The minimum atomic E-state index is -4.99. The molecule has 13 heteroatoms. The van der Waals surface area contributed by atoms with Gasteiger partial charge in [0.1, 0.15) is 5.82 Å². The van der Waals surface area contributed by atoms with Gasteiger partial charge in [0.25, 0.3) is 11.8 Å². The van der Waals surface area contributed by atoms with Crippen LogP contribution in [0, 0.1) is 5.82 Å². The van der Waals surface area contributed by atoms with Gasteiger partial charge in [0, 0.05) is 19.3 Å². The first-order valence-corrected chi connectivity index (χ1v) is 9.66. The molecule has 2 aromatic carbocycles. The molecule has 3 rings (SSSR count). The predicted molar refractivity (Wildman–Crippen MR) is 110 cm³/mol. The number of carbonyl (C=O) groups is 2. The Kier molecular flexibility index (Phi) is 7.29. The van der Waals surface area contributed by atoms with E-state index in [9.17, 15) is 27.2 Å². The number of carbonyl (C=O) groups excluding carboxylic acids is 2. The van der Waals surface area contributed by atoms with Crippen molar-refractivity contribution in [1.82, 2.24) is 20.3 Å². The molecule has 3 aromatic rings. The fraction of sp³-hybridized carbons (Fsp3) is 0.200. The van der Waals surface area contributed by atoms with E-state index in [1.807, 2.05) is 0 Å². The molecule has 2 amide bonds. The number of hydrogen-bond acceptors (Lipinski definition) is 5. The topological polar surface area (TPSA) is 98.1 Å². The number of amides is 2. The Balaban J connectivity index is 1.85. The van der Waals surface area contributed by atoms with E-state index in [-0.39, 0.29) is 35.1 Å². The third kappa shape index (κ3) is 5.65. The maximum Gasteiger partial charge on any atom is 0.435 e. The molecule has 0 fully saturated rings. The number of ether oxygens (including phenoxy) is 1. The molecule has 0 aliphatic heterocycles. The van der Waals surface area contributed by atoms with E-state index in [2.05, 4.69) is 20.9 Å². The van der Waals surface area contributed by atoms with Crippen LogP contribution in [0.1, 0.15) is 26.5 Å². The molecule has 33 heavy (non-hydrogen) atoms. The SMILES string of the molecule is COCCNC(=O)c1ccc(NC(=O)c2nnn(-c3ccc(F)cc3)c2C(F)(F)F)cc1Cl. The van der Waals surface area contributed by atoms with Crippen molar-refractivity contribution in [2.75, 3.05) is 25.6 Å². The Morgan fingerprint density at radius 1 is 1.12 bits per heavy atom. The molecule has 174 valence electrons. The number of methoxy groups -OCH3 is 1. The van der Waals surface area contributed by atoms with Gasteiger partial charge >= 0.3 is 6.18 Å². The van der Waals surface area contributed by atoms with Crippen molar-refractivity contribution in [3.63, 3.8) is 0 Å². The highest BCUT2D eigenvalue weighted by Gasteiger charge is 2.42. The Hall–Kier alpha value is -3.51. The summed E-state index contributed by atoms with van der Waals surface area (Å²) in [6.45, 7) is 0.533. The van der Waals surface area contributed by atoms with E-state index in [0.29, 0.717) is 4.68 Å². The number of alkyl halides is 3. The molecule has 0 spiro atoms. The van der Waals surface area contributed by atoms with Crippen molar-refractivity contribution in [1.29, 1.82) is 0 Å². The monoisotopic (exact) mass is 485 g/mol. The summed E-state index contributed by atoms with van der Waals surface area (Å²) in [7, 11) is 1.47. The summed E-state index contributed by atoms with van der Waals surface area (Å²) in [5, 5.41) is 11.6. The molecule has 1 aromatic heterocycles. The highest BCUT2D eigenvalue weighted by Crippen LogP contribution is 2.33. The normalized spacial score (nSPS) is 11.3. The quantitative estimate of drug-likeness (QED) is 0.393. The van der Waals surface area contributed by atoms with Gasteiger partial charge < -0.3 is 15.4 Å². The average molecular weight is 486 g/mol. The van der Waals surface area contributed by atoms with Crippen LogP contribution < -0.4 is 10.6 Å². The average Bonchev–Trinajstić information content (AvgIpc) is 3.20. The predicted octanol–water partition coefficient (Wildman–Crippen LogP) is 3.71. The zero-order chi connectivity index (χ0) is 24.2. The van der Waals surface area contributed by atoms with Crippen LogP contribution in [-0.4, -0.2) is 47.1 Å². The number of anilines is 1. The molecule has 1 heterocycles. The van der Waals surface area contributed by atoms with Gasteiger partial charge in [-0.3, -0.25) is 9.59 Å². The fourth-order valence-electron chi connectivity index (χ4n) is 2.78. The third-order valence-electron chi connectivity index (χ3n) is 4.29. The smallest absolute Gasteiger partial charge is 0.383 e. The van der Waals surface area contributed by atoms with Crippen LogP contribution in [0.25, 0.3) is 5.69 Å². The summed E-state index contributed by atoms with van der Waals surface area (Å²) in [4.78, 5) is 24.7. The molecule has 0 bridgehead atoms. The van der Waals surface area contributed by atoms with Crippen molar-refractivity contribution < 1.29 is 31.9 Å². The van der Waals surface area contributed by atoms with Crippen LogP contribution in [0.2, 0.25) is 5.02 Å². The van der Waals surface area contributed by atoms with Gasteiger partial charge in [0.2, 0.25) is 0 Å². The van der Waals surface area contributed by atoms with Crippen LogP contribution in [0.15, 0.2) is 42.5 Å². The van der Waals surface area contributed by atoms with E-state index in [1.165, 1.54) is 25.3 Å². The highest BCUT2D eigenvalue weighted by molar-refractivity contribution is 6.34. The first-order chi connectivity index (χ1) is 15.6. The lowest BCUT2D eigenvalue weighted by Crippen LogP contribution is -2.27. The molecule has 0 aliphatic carbocycles. The molecule has 0 aliphatic rings. The van der Waals surface area contributed by atoms with Crippen LogP contribution in [0.5, 0.6) is 0 Å². The van der Waals surface area contributed by atoms with Crippen LogP contribution in [0.3, 0.4) is 0 Å². The van der Waals surface area contributed by atoms with Crippen LogP contribution in [0.4, 0.5) is 23.2 Å². The van der Waals surface area contributed by atoms with Gasteiger partial charge in [0.15, 0.2) is 11.4 Å². The van der Waals surface area contributed by atoms with Crippen molar-refractivity contribution >= 4 is 29.1 Å². The summed E-state index contributed by atoms with van der Waals surface area (Å²) >= 11 is 6.08. The van der Waals surface area contributed by atoms with Gasteiger partial charge in [0.05, 0.1) is 22.9 Å². The third-order valence-corrected chi connectivity index (χ3v) is 4.60. The lowest BCUT2D eigenvalue weighted by Gasteiger charge is -2.12. The van der Waals surface area contributed by atoms with Gasteiger partial charge in [-0.25, -0.2) is 9.07 Å². The van der Waals surface area contributed by atoms with E-state index in [0.717, 1.165) is 24.3 Å². The van der Waals surface area contributed by atoms with Crippen molar-refractivity contribution in [2.24, 2.45) is 0 Å². The molecule has 0 unspecified atom stereocenters. The van der Waals surface area contributed by atoms with E-state index in [4.69, 9.17) is 16.3 Å². The molecule has 2 N–H and O–H groups in total. The first-order valence-electron chi connectivity index (χ1n) is 9.28. The summed E-state index contributed by atoms with van der Waals surface area (Å²) in [5.41, 5.74) is -2.44. The lowest BCUT2D eigenvalue weighted by molar-refractivity contribution is -0.143. The second-order valence-electron chi connectivity index (χ2n) is 6.57. The second-order valence-corrected chi connectivity index (χ2v) is 6.98. The molecule has 8 nitrogen and oxygen atoms in total. The van der Waals surface area contributed by atoms with Crippen molar-refractivity contribution in [3.05, 3.63) is 70.3 Å². The van der Waals surface area contributed by atoms with Gasteiger partial charge in [-0.15, -0.1) is 5.10 Å². The summed E-state index contributed by atoms with van der Waals surface area (Å²) in [5.74, 6) is -2.35. The van der Waals surface area contributed by atoms with E-state index >= 15 is 0 Å². The largest absolute Gasteiger partial charge is 0.435 e. The van der Waals surface area contributed by atoms with Crippen molar-refractivity contribution in [2.45, 2.75) is 6.18 Å². The molecular weight excluding hydrogens is 470 g/mol. The number of nitrogens with one attached hydrogen (secondary N) is 2. The molecular formula is C20H16ClF4N5O3. The number of aromatic nitrogens is 3. The fourth-order valence-corrected chi connectivity index (χ4v) is 3.05. The number of hydrogen-bond donors (Lipinski definition) is 2. The minimum Gasteiger partial charge on any atom is -0.383 e. The van der Waals surface area contributed by atoms with Gasteiger partial charge in [-0.2, -0.15) is 13.2 Å². The first kappa shape index (κ1) is 24.1. The number of nitrogens with zero attached hydrogens (tertiary/aromatic N) is 3. The van der Waals surface area contributed by atoms with E-state index in [1.54, 1.807) is 0 Å². The number of halogens is 5. The molecule has 0 radical (unpaired) electrons. The highest BCUT2D eigenvalue weighted by atomic mass is 35.5. The van der Waals surface area contributed by atoms with E-state index < -0.39 is 35.2 Å². The van der Waals surface area contributed by atoms with Crippen LogP contribution >= 0.6 is 11.6 Å². The summed E-state index contributed by atoms with van der Waals surface area (Å²) in [6, 6.07) is 7.85. The maximum absolute atomic E-state index is 13.7. The summed E-state index contributed by atoms with van der Waals surface area (Å²) < 4.78 is 59.5. The number of benzene rings is 2. The standard InChI is InChI=1S/C20H16ClF4N5O3/c1-33-9-8-26-18(31)14-7-4-12(10-15(14)21)27-19(32)16-17(20(23,24)25)30(29-28-16)13-5-2-11(22)3-6-13/h2-7,10H,8-9H2,1H3,(H,26,31)(H,27,32). The Bertz CT molecular complexity index is 1170. The molecule has 0 saturated carbocycles. The molecule has 0 saturated heterocycles.